The number of nitrogens with one attached hydrogen (secondary N) is 1. The number of nitrogens with zero attached hydrogens (tertiary/aromatic N) is 2. The molecular weight excluding hydrogens is 234 g/mol. The van der Waals surface area contributed by atoms with E-state index in [4.69, 9.17) is 0 Å². The first-order valence-corrected chi connectivity index (χ1v) is 6.02. The van der Waals surface area contributed by atoms with Crippen LogP contribution < -0.4 is 5.32 Å². The van der Waals surface area contributed by atoms with Gasteiger partial charge in [-0.15, -0.1) is 0 Å². The Balaban J connectivity index is 2.30. The molecule has 0 aliphatic heterocycles. The van der Waals surface area contributed by atoms with Crippen LogP contribution in [0.25, 0.3) is 0 Å². The molecule has 0 amide bonds. The summed E-state index contributed by atoms with van der Waals surface area (Å²) >= 11 is 1.29. The van der Waals surface area contributed by atoms with Crippen LogP contribution >= 0.6 is 11.5 Å². The molecule has 0 aliphatic carbocycles. The predicted octanol–water partition coefficient (Wildman–Crippen LogP) is 3.10. The van der Waals surface area contributed by atoms with E-state index < -0.39 is 0 Å². The van der Waals surface area contributed by atoms with E-state index in [0.717, 1.165) is 22.1 Å². The maximum absolute atomic E-state index is 11.5. The van der Waals surface area contributed by atoms with Gasteiger partial charge in [0.15, 0.2) is 5.78 Å². The van der Waals surface area contributed by atoms with Gasteiger partial charge in [0.25, 0.3) is 0 Å². The topological polar surface area (TPSA) is 54.9 Å². The van der Waals surface area contributed by atoms with Crippen molar-refractivity contribution in [3.05, 3.63) is 35.3 Å². The minimum absolute atomic E-state index is 0.0267. The number of pyridine rings is 1. The molecule has 0 spiro atoms. The van der Waals surface area contributed by atoms with Crippen molar-refractivity contribution < 1.29 is 4.79 Å². The molecule has 2 aromatic heterocycles. The van der Waals surface area contributed by atoms with Crippen molar-refractivity contribution in [2.24, 2.45) is 0 Å². The average molecular weight is 247 g/mol. The van der Waals surface area contributed by atoms with Crippen LogP contribution in [0.2, 0.25) is 0 Å². The number of carbonyl (C=O) groups is 1. The lowest BCUT2D eigenvalue weighted by Crippen LogP contribution is -1.99. The van der Waals surface area contributed by atoms with Crippen molar-refractivity contribution in [2.75, 3.05) is 5.32 Å². The summed E-state index contributed by atoms with van der Waals surface area (Å²) in [4.78, 5) is 15.7. The second-order valence-corrected chi connectivity index (χ2v) is 4.61. The molecule has 17 heavy (non-hydrogen) atoms. The number of rotatable bonds is 3. The molecule has 0 unspecified atom stereocenters. The Labute approximate surface area is 104 Å². The Morgan fingerprint density at radius 1 is 1.35 bits per heavy atom. The molecule has 0 aromatic carbocycles. The van der Waals surface area contributed by atoms with Crippen LogP contribution in [0.1, 0.15) is 28.7 Å². The third kappa shape index (κ3) is 2.50. The van der Waals surface area contributed by atoms with Crippen LogP contribution in [0.5, 0.6) is 0 Å². The lowest BCUT2D eigenvalue weighted by Gasteiger charge is -2.05. The highest BCUT2D eigenvalue weighted by Crippen LogP contribution is 2.27. The maximum Gasteiger partial charge on any atom is 0.164 e. The molecule has 2 rings (SSSR count). The van der Waals surface area contributed by atoms with Gasteiger partial charge in [0.1, 0.15) is 5.00 Å². The minimum Gasteiger partial charge on any atom is -0.344 e. The van der Waals surface area contributed by atoms with Gasteiger partial charge in [0.2, 0.25) is 0 Å². The Morgan fingerprint density at radius 3 is 2.71 bits per heavy atom. The highest BCUT2D eigenvalue weighted by atomic mass is 32.1. The monoisotopic (exact) mass is 247 g/mol. The van der Waals surface area contributed by atoms with E-state index in [2.05, 4.69) is 14.7 Å². The zero-order chi connectivity index (χ0) is 12.4. The summed E-state index contributed by atoms with van der Waals surface area (Å²) in [7, 11) is 0. The first kappa shape index (κ1) is 11.7. The van der Waals surface area contributed by atoms with Gasteiger partial charge in [-0.25, -0.2) is 0 Å². The molecule has 2 heterocycles. The zero-order valence-corrected chi connectivity index (χ0v) is 10.8. The quantitative estimate of drug-likeness (QED) is 0.847. The first-order chi connectivity index (χ1) is 8.08. The molecule has 5 heteroatoms. The highest BCUT2D eigenvalue weighted by molar-refractivity contribution is 7.10. The standard InChI is InChI=1S/C12H13N3OS/c1-7-4-5-10(6-13-7)14-12-11(9(3)16)8(2)15-17-12/h4-6,14H,1-3H3. The second kappa shape index (κ2) is 4.63. The maximum atomic E-state index is 11.5. The van der Waals surface area contributed by atoms with Crippen molar-refractivity contribution in [3.8, 4) is 0 Å². The van der Waals surface area contributed by atoms with Gasteiger partial charge in [-0.2, -0.15) is 4.37 Å². The minimum atomic E-state index is 0.0267. The van der Waals surface area contributed by atoms with E-state index in [1.54, 1.807) is 13.1 Å². The zero-order valence-electron chi connectivity index (χ0n) is 9.94. The smallest absolute Gasteiger partial charge is 0.164 e. The summed E-state index contributed by atoms with van der Waals surface area (Å²) in [6.07, 6.45) is 1.74. The number of aromatic nitrogens is 2. The normalized spacial score (nSPS) is 10.3. The van der Waals surface area contributed by atoms with Crippen LogP contribution in [-0.2, 0) is 0 Å². The molecule has 0 atom stereocenters. The predicted molar refractivity (Wildman–Crippen MR) is 69.1 cm³/mol. The summed E-state index contributed by atoms with van der Waals surface area (Å²) in [5.74, 6) is 0.0267. The molecule has 0 saturated carbocycles. The molecule has 0 fully saturated rings. The molecule has 88 valence electrons. The third-order valence-corrected chi connectivity index (χ3v) is 3.24. The number of anilines is 2. The van der Waals surface area contributed by atoms with Gasteiger partial charge in [0.05, 0.1) is 23.1 Å². The van der Waals surface area contributed by atoms with E-state index in [9.17, 15) is 4.79 Å². The van der Waals surface area contributed by atoms with Crippen LogP contribution in [0.4, 0.5) is 10.7 Å². The fourth-order valence-corrected chi connectivity index (χ4v) is 2.41. The lowest BCUT2D eigenvalue weighted by atomic mass is 10.2. The summed E-state index contributed by atoms with van der Waals surface area (Å²) in [6, 6.07) is 3.85. The van der Waals surface area contributed by atoms with Crippen molar-refractivity contribution in [1.29, 1.82) is 0 Å². The van der Waals surface area contributed by atoms with E-state index in [-0.39, 0.29) is 5.78 Å². The van der Waals surface area contributed by atoms with Crippen LogP contribution in [0.15, 0.2) is 18.3 Å². The van der Waals surface area contributed by atoms with Crippen LogP contribution in [0, 0.1) is 13.8 Å². The fourth-order valence-electron chi connectivity index (χ4n) is 1.54. The molecule has 4 nitrogen and oxygen atoms in total. The molecule has 0 radical (unpaired) electrons. The Bertz CT molecular complexity index is 545. The summed E-state index contributed by atoms with van der Waals surface area (Å²) in [5.41, 5.74) is 3.25. The van der Waals surface area contributed by atoms with Gasteiger partial charge in [-0.3, -0.25) is 9.78 Å². The number of hydrogen-bond donors (Lipinski definition) is 1. The average Bonchev–Trinajstić information content (AvgIpc) is 2.63. The van der Waals surface area contributed by atoms with Crippen LogP contribution in [0.3, 0.4) is 0 Å². The van der Waals surface area contributed by atoms with E-state index >= 15 is 0 Å². The molecule has 0 saturated heterocycles. The molecule has 0 aliphatic rings. The third-order valence-electron chi connectivity index (χ3n) is 2.38. The van der Waals surface area contributed by atoms with E-state index in [0.29, 0.717) is 5.56 Å². The summed E-state index contributed by atoms with van der Waals surface area (Å²) in [5, 5.41) is 3.95. The molecule has 1 N–H and O–H groups in total. The van der Waals surface area contributed by atoms with Gasteiger partial charge in [-0.05, 0) is 44.4 Å². The number of aryl methyl sites for hydroxylation is 2. The SMILES string of the molecule is CC(=O)c1c(C)nsc1Nc1ccc(C)nc1. The summed E-state index contributed by atoms with van der Waals surface area (Å²) in [6.45, 7) is 5.32. The Morgan fingerprint density at radius 2 is 2.12 bits per heavy atom. The molecule has 0 bridgehead atoms. The second-order valence-electron chi connectivity index (χ2n) is 3.84. The van der Waals surface area contributed by atoms with Crippen LogP contribution in [-0.4, -0.2) is 15.1 Å². The van der Waals surface area contributed by atoms with Gasteiger partial charge in [0, 0.05) is 5.69 Å². The number of Topliss-reactive ketones (excluding diaryl/α,β-unsaturated/α-hetero) is 1. The van der Waals surface area contributed by atoms with Crippen molar-refractivity contribution >= 4 is 28.0 Å². The summed E-state index contributed by atoms with van der Waals surface area (Å²) < 4.78 is 4.19. The number of carbonyl (C=O) groups excluding carboxylic acids is 1. The van der Waals surface area contributed by atoms with E-state index in [1.807, 2.05) is 26.0 Å². The Kier molecular flexibility index (Phi) is 3.19. The largest absolute Gasteiger partial charge is 0.344 e. The number of ketones is 1. The first-order valence-electron chi connectivity index (χ1n) is 5.25. The van der Waals surface area contributed by atoms with Gasteiger partial charge >= 0.3 is 0 Å². The number of hydrogen-bond acceptors (Lipinski definition) is 5. The van der Waals surface area contributed by atoms with Crippen molar-refractivity contribution in [3.63, 3.8) is 0 Å². The fraction of sp³-hybridized carbons (Fsp3) is 0.250. The Hall–Kier alpha value is -1.75. The van der Waals surface area contributed by atoms with Crippen molar-refractivity contribution in [2.45, 2.75) is 20.8 Å². The lowest BCUT2D eigenvalue weighted by molar-refractivity contribution is 0.101. The van der Waals surface area contributed by atoms with Crippen molar-refractivity contribution in [1.82, 2.24) is 9.36 Å². The van der Waals surface area contributed by atoms with E-state index in [1.165, 1.54) is 11.5 Å². The molecule has 2 aromatic rings. The van der Waals surface area contributed by atoms with Gasteiger partial charge in [-0.1, -0.05) is 0 Å². The highest BCUT2D eigenvalue weighted by Gasteiger charge is 2.14. The molecular formula is C12H13N3OS. The van der Waals surface area contributed by atoms with Gasteiger partial charge < -0.3 is 5.32 Å².